The van der Waals surface area contributed by atoms with Crippen LogP contribution >= 0.6 is 28.1 Å². The first-order chi connectivity index (χ1) is 8.51. The van der Waals surface area contributed by atoms with Gasteiger partial charge in [0.15, 0.2) is 4.77 Å². The zero-order chi connectivity index (χ0) is 12.9. The monoisotopic (exact) mass is 328 g/mol. The summed E-state index contributed by atoms with van der Waals surface area (Å²) >= 11 is 8.67. The first-order valence-electron chi connectivity index (χ1n) is 6.11. The molecule has 0 atom stereocenters. The summed E-state index contributed by atoms with van der Waals surface area (Å²) in [5, 5.41) is 0. The van der Waals surface area contributed by atoms with E-state index in [-0.39, 0.29) is 11.4 Å². The van der Waals surface area contributed by atoms with E-state index in [0.29, 0.717) is 9.24 Å². The topological polar surface area (TPSA) is 20.7 Å². The lowest BCUT2D eigenvalue weighted by Crippen LogP contribution is -2.26. The zero-order valence-corrected chi connectivity index (χ0v) is 12.5. The molecule has 1 N–H and O–H groups in total. The number of nitrogens with zero attached hydrogens (tertiary/aromatic N) is 1. The van der Waals surface area contributed by atoms with Crippen molar-refractivity contribution in [2.24, 2.45) is 0 Å². The molecule has 96 valence electrons. The van der Waals surface area contributed by atoms with Crippen LogP contribution in [0.25, 0.3) is 11.0 Å². The van der Waals surface area contributed by atoms with Crippen molar-refractivity contribution in [3.63, 3.8) is 0 Å². The largest absolute Gasteiger partial charge is 0.330 e. The molecule has 1 saturated carbocycles. The molecule has 1 aromatic carbocycles. The van der Waals surface area contributed by atoms with Crippen LogP contribution in [0.3, 0.4) is 0 Å². The van der Waals surface area contributed by atoms with Crippen LogP contribution < -0.4 is 0 Å². The van der Waals surface area contributed by atoms with Gasteiger partial charge in [0.05, 0.1) is 15.5 Å². The molecule has 18 heavy (non-hydrogen) atoms. The summed E-state index contributed by atoms with van der Waals surface area (Å²) in [6.45, 7) is 2.24. The van der Waals surface area contributed by atoms with Crippen LogP contribution in [0.15, 0.2) is 16.6 Å². The Balaban J connectivity index is 2.32. The van der Waals surface area contributed by atoms with Gasteiger partial charge < -0.3 is 9.55 Å². The molecule has 1 fully saturated rings. The third-order valence-corrected chi connectivity index (χ3v) is 4.84. The van der Waals surface area contributed by atoms with Crippen molar-refractivity contribution in [3.8, 4) is 0 Å². The van der Waals surface area contributed by atoms with E-state index in [1.54, 1.807) is 0 Å². The van der Waals surface area contributed by atoms with Crippen LogP contribution in [0.1, 0.15) is 32.6 Å². The van der Waals surface area contributed by atoms with Crippen LogP contribution in [0.4, 0.5) is 4.39 Å². The van der Waals surface area contributed by atoms with Gasteiger partial charge in [-0.2, -0.15) is 0 Å². The lowest BCUT2D eigenvalue weighted by molar-refractivity contribution is 0.335. The van der Waals surface area contributed by atoms with Crippen molar-refractivity contribution < 1.29 is 4.39 Å². The highest BCUT2D eigenvalue weighted by Gasteiger charge is 2.32. The SMILES string of the molecule is CC1(n2c(=S)[nH]c3cc(F)c(Br)cc32)CCCC1. The summed E-state index contributed by atoms with van der Waals surface area (Å²) in [5.41, 5.74) is 1.82. The molecule has 5 heteroatoms. The number of hydrogen-bond donors (Lipinski definition) is 1. The Labute approximate surface area is 118 Å². The summed E-state index contributed by atoms with van der Waals surface area (Å²) in [4.78, 5) is 3.11. The minimum Gasteiger partial charge on any atom is -0.330 e. The second kappa shape index (κ2) is 4.17. The van der Waals surface area contributed by atoms with E-state index in [1.165, 1.54) is 18.9 Å². The molecule has 2 nitrogen and oxygen atoms in total. The zero-order valence-electron chi connectivity index (χ0n) is 10.1. The van der Waals surface area contributed by atoms with Gasteiger partial charge in [-0.3, -0.25) is 0 Å². The Bertz CT molecular complexity index is 667. The van der Waals surface area contributed by atoms with E-state index in [2.05, 4.69) is 32.4 Å². The number of imidazole rings is 1. The predicted octanol–water partition coefficient (Wildman–Crippen LogP) is 4.89. The maximum atomic E-state index is 13.6. The van der Waals surface area contributed by atoms with Gasteiger partial charge in [-0.15, -0.1) is 0 Å². The molecular weight excluding hydrogens is 315 g/mol. The maximum Gasteiger partial charge on any atom is 0.178 e. The lowest BCUT2D eigenvalue weighted by atomic mass is 10.0. The molecule has 0 radical (unpaired) electrons. The Morgan fingerprint density at radius 2 is 2.06 bits per heavy atom. The van der Waals surface area contributed by atoms with Crippen molar-refractivity contribution in [2.45, 2.75) is 38.1 Å². The Morgan fingerprint density at radius 3 is 2.72 bits per heavy atom. The molecule has 0 amide bonds. The van der Waals surface area contributed by atoms with Gasteiger partial charge in [0.1, 0.15) is 5.82 Å². The fraction of sp³-hybridized carbons (Fsp3) is 0.462. The molecule has 1 aliphatic carbocycles. The number of benzene rings is 1. The predicted molar refractivity (Wildman–Crippen MR) is 76.9 cm³/mol. The van der Waals surface area contributed by atoms with E-state index in [9.17, 15) is 4.39 Å². The van der Waals surface area contributed by atoms with Crippen molar-refractivity contribution in [2.75, 3.05) is 0 Å². The molecule has 1 aromatic heterocycles. The van der Waals surface area contributed by atoms with Crippen LogP contribution in [0.2, 0.25) is 0 Å². The lowest BCUT2D eigenvalue weighted by Gasteiger charge is -2.26. The van der Waals surface area contributed by atoms with E-state index in [0.717, 1.165) is 23.9 Å². The number of fused-ring (bicyclic) bond motifs is 1. The Kier molecular flexibility index (Phi) is 2.86. The van der Waals surface area contributed by atoms with Crippen LogP contribution in [-0.2, 0) is 5.54 Å². The minimum atomic E-state index is -0.262. The Morgan fingerprint density at radius 1 is 1.39 bits per heavy atom. The highest BCUT2D eigenvalue weighted by Crippen LogP contribution is 2.39. The van der Waals surface area contributed by atoms with Crippen molar-refractivity contribution in [3.05, 3.63) is 27.2 Å². The van der Waals surface area contributed by atoms with Crippen molar-refractivity contribution >= 4 is 39.2 Å². The highest BCUT2D eigenvalue weighted by molar-refractivity contribution is 9.10. The fourth-order valence-corrected chi connectivity index (χ4v) is 3.76. The number of aromatic nitrogens is 2. The minimum absolute atomic E-state index is 0.0621. The standard InChI is InChI=1S/C13H14BrFN2S/c1-13(4-2-3-5-13)17-11-6-8(14)9(15)7-10(11)16-12(17)18/h6-7H,2-5H2,1H3,(H,16,18). The van der Waals surface area contributed by atoms with E-state index in [4.69, 9.17) is 12.2 Å². The van der Waals surface area contributed by atoms with Gasteiger partial charge in [0, 0.05) is 11.6 Å². The maximum absolute atomic E-state index is 13.6. The number of hydrogen-bond acceptors (Lipinski definition) is 1. The third kappa shape index (κ3) is 1.75. The van der Waals surface area contributed by atoms with Crippen LogP contribution in [0, 0.1) is 10.6 Å². The quantitative estimate of drug-likeness (QED) is 0.739. The van der Waals surface area contributed by atoms with E-state index >= 15 is 0 Å². The van der Waals surface area contributed by atoms with Crippen LogP contribution in [0.5, 0.6) is 0 Å². The van der Waals surface area contributed by atoms with Gasteiger partial charge in [0.2, 0.25) is 0 Å². The molecule has 1 heterocycles. The number of H-pyrrole nitrogens is 1. The number of aromatic amines is 1. The summed E-state index contributed by atoms with van der Waals surface area (Å²) in [6, 6.07) is 3.32. The molecule has 0 unspecified atom stereocenters. The molecule has 0 spiro atoms. The summed E-state index contributed by atoms with van der Waals surface area (Å²) in [5.74, 6) is -0.262. The number of rotatable bonds is 1. The van der Waals surface area contributed by atoms with Gasteiger partial charge in [0.25, 0.3) is 0 Å². The number of halogens is 2. The molecule has 3 rings (SSSR count). The van der Waals surface area contributed by atoms with Crippen molar-refractivity contribution in [1.82, 2.24) is 9.55 Å². The van der Waals surface area contributed by atoms with Gasteiger partial charge in [-0.1, -0.05) is 12.8 Å². The average molecular weight is 329 g/mol. The molecule has 0 saturated heterocycles. The van der Waals surface area contributed by atoms with Gasteiger partial charge in [-0.25, -0.2) is 4.39 Å². The Hall–Kier alpha value is -0.680. The first-order valence-corrected chi connectivity index (χ1v) is 7.32. The molecule has 1 aliphatic rings. The highest BCUT2D eigenvalue weighted by atomic mass is 79.9. The van der Waals surface area contributed by atoms with Crippen molar-refractivity contribution in [1.29, 1.82) is 0 Å². The third-order valence-electron chi connectivity index (χ3n) is 3.94. The first kappa shape index (κ1) is 12.4. The summed E-state index contributed by atoms with van der Waals surface area (Å²) in [6.07, 6.45) is 4.72. The molecule has 2 aromatic rings. The average Bonchev–Trinajstić information content (AvgIpc) is 2.84. The van der Waals surface area contributed by atoms with E-state index < -0.39 is 0 Å². The van der Waals surface area contributed by atoms with Gasteiger partial charge in [-0.05, 0) is 54.0 Å². The fourth-order valence-electron chi connectivity index (χ4n) is 3.00. The summed E-state index contributed by atoms with van der Waals surface area (Å²) < 4.78 is 16.9. The van der Waals surface area contributed by atoms with E-state index in [1.807, 2.05) is 6.07 Å². The van der Waals surface area contributed by atoms with Crippen LogP contribution in [-0.4, -0.2) is 9.55 Å². The van der Waals surface area contributed by atoms with Gasteiger partial charge >= 0.3 is 0 Å². The number of nitrogens with one attached hydrogen (secondary N) is 1. The molecular formula is C13H14BrFN2S. The second-order valence-electron chi connectivity index (χ2n) is 5.25. The smallest absolute Gasteiger partial charge is 0.178 e. The summed E-state index contributed by atoms with van der Waals surface area (Å²) in [7, 11) is 0. The second-order valence-corrected chi connectivity index (χ2v) is 6.49. The molecule has 0 aliphatic heterocycles. The molecule has 0 bridgehead atoms. The normalized spacial score (nSPS) is 18.6.